The lowest BCUT2D eigenvalue weighted by molar-refractivity contribution is 0.225. The molecule has 0 atom stereocenters. The third kappa shape index (κ3) is 4.10. The quantitative estimate of drug-likeness (QED) is 0.822. The highest BCUT2D eigenvalue weighted by Crippen LogP contribution is 2.25. The van der Waals surface area contributed by atoms with Crippen molar-refractivity contribution < 1.29 is 4.42 Å². The van der Waals surface area contributed by atoms with Gasteiger partial charge in [0.05, 0.1) is 6.54 Å². The normalized spacial score (nSPS) is 16.8. The van der Waals surface area contributed by atoms with Gasteiger partial charge >= 0.3 is 0 Å². The molecule has 0 bridgehead atoms. The highest BCUT2D eigenvalue weighted by molar-refractivity contribution is 6.30. The molecule has 1 aliphatic heterocycles. The van der Waals surface area contributed by atoms with E-state index in [1.54, 1.807) is 0 Å². The summed E-state index contributed by atoms with van der Waals surface area (Å²) in [6, 6.07) is 12.3. The van der Waals surface area contributed by atoms with Crippen LogP contribution in [0.15, 0.2) is 40.8 Å². The summed E-state index contributed by atoms with van der Waals surface area (Å²) in [6.07, 6.45) is 0. The molecule has 0 unspecified atom stereocenters. The summed E-state index contributed by atoms with van der Waals surface area (Å²) in [7, 11) is 0. The lowest BCUT2D eigenvalue weighted by Crippen LogP contribution is -2.45. The molecule has 1 aromatic heterocycles. The summed E-state index contributed by atoms with van der Waals surface area (Å²) in [5.41, 5.74) is 1.29. The fourth-order valence-electron chi connectivity index (χ4n) is 2.92. The zero-order valence-corrected chi connectivity index (χ0v) is 14.9. The molecule has 4 heteroatoms. The minimum atomic E-state index is 0.0729. The van der Waals surface area contributed by atoms with E-state index in [0.717, 1.165) is 49.3 Å². The van der Waals surface area contributed by atoms with Crippen LogP contribution in [0.3, 0.4) is 0 Å². The molecule has 3 rings (SSSR count). The molecule has 2 heterocycles. The van der Waals surface area contributed by atoms with Crippen LogP contribution in [0.25, 0.3) is 0 Å². The van der Waals surface area contributed by atoms with Crippen molar-refractivity contribution in [3.05, 3.63) is 52.9 Å². The SMILES string of the molecule is CC(C)(C)c1ccc(CN2CCN(c3cccc(Cl)c3)CC2)o1. The minimum Gasteiger partial charge on any atom is -0.464 e. The number of benzene rings is 1. The Morgan fingerprint density at radius 2 is 1.78 bits per heavy atom. The average Bonchev–Trinajstić information content (AvgIpc) is 2.97. The van der Waals surface area contributed by atoms with E-state index in [4.69, 9.17) is 16.0 Å². The third-order valence-electron chi connectivity index (χ3n) is 4.33. The topological polar surface area (TPSA) is 19.6 Å². The zero-order chi connectivity index (χ0) is 16.4. The Labute approximate surface area is 143 Å². The predicted molar refractivity (Wildman–Crippen MR) is 96.4 cm³/mol. The predicted octanol–water partition coefficient (Wildman–Crippen LogP) is 4.55. The summed E-state index contributed by atoms with van der Waals surface area (Å²) in [4.78, 5) is 4.84. The van der Waals surface area contributed by atoms with Crippen LogP contribution >= 0.6 is 11.6 Å². The van der Waals surface area contributed by atoms with Gasteiger partial charge < -0.3 is 9.32 Å². The van der Waals surface area contributed by atoms with Gasteiger partial charge in [-0.1, -0.05) is 38.4 Å². The highest BCUT2D eigenvalue weighted by atomic mass is 35.5. The number of piperazine rings is 1. The van der Waals surface area contributed by atoms with Crippen LogP contribution in [0.1, 0.15) is 32.3 Å². The van der Waals surface area contributed by atoms with Gasteiger partial charge in [0, 0.05) is 42.3 Å². The lowest BCUT2D eigenvalue weighted by Gasteiger charge is -2.35. The van der Waals surface area contributed by atoms with Crippen LogP contribution < -0.4 is 4.90 Å². The maximum Gasteiger partial charge on any atom is 0.118 e. The molecule has 0 radical (unpaired) electrons. The van der Waals surface area contributed by atoms with E-state index in [1.165, 1.54) is 5.69 Å². The van der Waals surface area contributed by atoms with Crippen molar-refractivity contribution in [3.8, 4) is 0 Å². The van der Waals surface area contributed by atoms with E-state index in [-0.39, 0.29) is 5.41 Å². The summed E-state index contributed by atoms with van der Waals surface area (Å²) in [5, 5.41) is 0.801. The van der Waals surface area contributed by atoms with Gasteiger partial charge in [-0.15, -0.1) is 0 Å². The zero-order valence-electron chi connectivity index (χ0n) is 14.2. The second-order valence-electron chi connectivity index (χ2n) is 7.26. The number of hydrogen-bond acceptors (Lipinski definition) is 3. The molecule has 0 aliphatic carbocycles. The number of hydrogen-bond donors (Lipinski definition) is 0. The first-order valence-electron chi connectivity index (χ1n) is 8.24. The van der Waals surface area contributed by atoms with E-state index in [0.29, 0.717) is 0 Å². The average molecular weight is 333 g/mol. The van der Waals surface area contributed by atoms with Gasteiger partial charge in [0.2, 0.25) is 0 Å². The number of rotatable bonds is 3. The first-order chi connectivity index (χ1) is 10.9. The second kappa shape index (κ2) is 6.58. The van der Waals surface area contributed by atoms with E-state index in [9.17, 15) is 0 Å². The van der Waals surface area contributed by atoms with Gasteiger partial charge in [-0.05, 0) is 30.3 Å². The first kappa shape index (κ1) is 16.4. The maximum atomic E-state index is 6.09. The molecule has 1 aromatic carbocycles. The molecular formula is C19H25ClN2O. The van der Waals surface area contributed by atoms with Crippen LogP contribution in [0.5, 0.6) is 0 Å². The van der Waals surface area contributed by atoms with Crippen molar-refractivity contribution in [2.45, 2.75) is 32.7 Å². The molecule has 0 saturated carbocycles. The van der Waals surface area contributed by atoms with Crippen molar-refractivity contribution in [2.75, 3.05) is 31.1 Å². The van der Waals surface area contributed by atoms with Crippen LogP contribution in [-0.2, 0) is 12.0 Å². The molecule has 0 amide bonds. The summed E-state index contributed by atoms with van der Waals surface area (Å²) in [5.74, 6) is 2.12. The van der Waals surface area contributed by atoms with Crippen molar-refractivity contribution in [1.82, 2.24) is 4.90 Å². The van der Waals surface area contributed by atoms with Crippen molar-refractivity contribution >= 4 is 17.3 Å². The molecule has 1 saturated heterocycles. The van der Waals surface area contributed by atoms with Gasteiger partial charge in [0.1, 0.15) is 11.5 Å². The van der Waals surface area contributed by atoms with Crippen molar-refractivity contribution in [1.29, 1.82) is 0 Å². The third-order valence-corrected chi connectivity index (χ3v) is 4.56. The van der Waals surface area contributed by atoms with Gasteiger partial charge in [-0.3, -0.25) is 4.90 Å². The van der Waals surface area contributed by atoms with Crippen LogP contribution in [0.4, 0.5) is 5.69 Å². The molecule has 1 fully saturated rings. The Balaban J connectivity index is 1.56. The van der Waals surface area contributed by atoms with Crippen LogP contribution in [0.2, 0.25) is 5.02 Å². The van der Waals surface area contributed by atoms with Crippen molar-refractivity contribution in [2.24, 2.45) is 0 Å². The molecule has 1 aliphatic rings. The Hall–Kier alpha value is -1.45. The van der Waals surface area contributed by atoms with Gasteiger partial charge in [-0.25, -0.2) is 0 Å². The van der Waals surface area contributed by atoms with E-state index in [1.807, 2.05) is 18.2 Å². The standard InChI is InChI=1S/C19H25ClN2O/c1-19(2,3)18-8-7-17(23-18)14-21-9-11-22(12-10-21)16-6-4-5-15(20)13-16/h4-8,13H,9-12,14H2,1-3H3. The Morgan fingerprint density at radius 1 is 1.04 bits per heavy atom. The number of nitrogens with zero attached hydrogens (tertiary/aromatic N) is 2. The fourth-order valence-corrected chi connectivity index (χ4v) is 3.11. The molecule has 3 nitrogen and oxygen atoms in total. The van der Waals surface area contributed by atoms with Crippen LogP contribution in [-0.4, -0.2) is 31.1 Å². The van der Waals surface area contributed by atoms with E-state index >= 15 is 0 Å². The molecule has 2 aromatic rings. The smallest absolute Gasteiger partial charge is 0.118 e. The molecule has 124 valence electrons. The van der Waals surface area contributed by atoms with Crippen LogP contribution in [0, 0.1) is 0 Å². The highest BCUT2D eigenvalue weighted by Gasteiger charge is 2.21. The number of furan rings is 1. The Kier molecular flexibility index (Phi) is 4.69. The monoisotopic (exact) mass is 332 g/mol. The Morgan fingerprint density at radius 3 is 2.39 bits per heavy atom. The maximum absolute atomic E-state index is 6.09. The molecule has 0 spiro atoms. The summed E-state index contributed by atoms with van der Waals surface area (Å²) < 4.78 is 6.01. The van der Waals surface area contributed by atoms with Gasteiger partial charge in [0.25, 0.3) is 0 Å². The Bertz CT molecular complexity index is 651. The summed E-state index contributed by atoms with van der Waals surface area (Å²) in [6.45, 7) is 11.5. The lowest BCUT2D eigenvalue weighted by atomic mass is 9.94. The first-order valence-corrected chi connectivity index (χ1v) is 8.62. The second-order valence-corrected chi connectivity index (χ2v) is 7.70. The van der Waals surface area contributed by atoms with Gasteiger partial charge in [-0.2, -0.15) is 0 Å². The van der Waals surface area contributed by atoms with Gasteiger partial charge in [0.15, 0.2) is 0 Å². The molecular weight excluding hydrogens is 308 g/mol. The van der Waals surface area contributed by atoms with E-state index in [2.05, 4.69) is 48.8 Å². The fraction of sp³-hybridized carbons (Fsp3) is 0.474. The molecule has 23 heavy (non-hydrogen) atoms. The van der Waals surface area contributed by atoms with E-state index < -0.39 is 0 Å². The number of anilines is 1. The largest absolute Gasteiger partial charge is 0.464 e. The summed E-state index contributed by atoms with van der Waals surface area (Å²) >= 11 is 6.09. The molecule has 0 N–H and O–H groups in total. The van der Waals surface area contributed by atoms with Crippen molar-refractivity contribution in [3.63, 3.8) is 0 Å². The number of halogens is 1. The minimum absolute atomic E-state index is 0.0729.